The van der Waals surface area contributed by atoms with E-state index in [0.29, 0.717) is 5.16 Å². The Hall–Kier alpha value is -2.23. The number of aliphatic hydroxyl groups excluding tert-OH is 4. The van der Waals surface area contributed by atoms with E-state index < -0.39 is 86.5 Å². The molecular weight excluding hydrogens is 801 g/mol. The summed E-state index contributed by atoms with van der Waals surface area (Å²) in [6.45, 7) is -1.66. The molecule has 0 saturated carbocycles. The highest BCUT2D eigenvalue weighted by atomic mass is 32.2. The van der Waals surface area contributed by atoms with Crippen LogP contribution in [-0.4, -0.2) is 136 Å². The number of phosphoric acid groups is 2. The molecule has 2 fully saturated rings. The zero-order chi connectivity index (χ0) is 37.7. The van der Waals surface area contributed by atoms with Crippen LogP contribution in [0.5, 0.6) is 0 Å². The number of ether oxygens (including phenoxy) is 2. The minimum Gasteiger partial charge on any atom is -0.387 e. The predicted octanol–water partition coefficient (Wildman–Crippen LogP) is -1.00. The molecule has 30 heteroatoms. The topological polar surface area (TPSA) is 370 Å². The average Bonchev–Trinajstić information content (AvgIpc) is 3.83. The van der Waals surface area contributed by atoms with Gasteiger partial charge < -0.3 is 60.6 Å². The molecule has 0 radical (unpaired) electrons. The average molecular weight is 833 g/mol. The van der Waals surface area contributed by atoms with Gasteiger partial charge in [0.05, 0.1) is 25.9 Å². The minimum atomic E-state index is -5.60. The normalized spacial score (nSPS) is 29.5. The first-order chi connectivity index (χ1) is 24.5. The molecule has 286 valence electrons. The number of hydrogen-bond acceptors (Lipinski definition) is 23. The van der Waals surface area contributed by atoms with Crippen molar-refractivity contribution in [2.45, 2.75) is 59.4 Å². The monoisotopic (exact) mass is 832 g/mol. The Morgan fingerprint density at radius 3 is 1.71 bits per heavy atom. The van der Waals surface area contributed by atoms with Gasteiger partial charge in [0.25, 0.3) is 0 Å². The second kappa shape index (κ2) is 15.5. The Labute approximate surface area is 300 Å². The van der Waals surface area contributed by atoms with Crippen molar-refractivity contribution in [3.05, 3.63) is 12.7 Å². The molecule has 0 aromatic carbocycles. The van der Waals surface area contributed by atoms with Gasteiger partial charge in [0.15, 0.2) is 45.7 Å². The molecule has 11 N–H and O–H groups in total. The van der Waals surface area contributed by atoms with E-state index in [1.165, 1.54) is 45.3 Å². The van der Waals surface area contributed by atoms with E-state index in [4.69, 9.17) is 30.0 Å². The van der Waals surface area contributed by atoms with Gasteiger partial charge in [0.1, 0.15) is 47.7 Å². The van der Waals surface area contributed by atoms with Crippen LogP contribution in [0.4, 0.5) is 11.6 Å². The van der Waals surface area contributed by atoms with Crippen molar-refractivity contribution in [1.82, 2.24) is 39.0 Å². The Morgan fingerprint density at radius 2 is 1.25 bits per heavy atom. The van der Waals surface area contributed by atoms with Crippen molar-refractivity contribution in [2.75, 3.05) is 37.2 Å². The number of aromatic nitrogens is 8. The number of nitrogens with two attached hydrogens (primary N) is 2. The zero-order valence-corrected chi connectivity index (χ0v) is 30.8. The maximum absolute atomic E-state index is 12.5. The first kappa shape index (κ1) is 39.5. The number of aliphatic hydroxyl groups is 4. The van der Waals surface area contributed by atoms with E-state index in [0.717, 1.165) is 0 Å². The van der Waals surface area contributed by atoms with Crippen LogP contribution >= 0.6 is 47.8 Å². The molecule has 25 nitrogen and oxygen atoms in total. The Morgan fingerprint density at radius 1 is 0.788 bits per heavy atom. The van der Waals surface area contributed by atoms with E-state index >= 15 is 0 Å². The fourth-order valence-corrected chi connectivity index (χ4v) is 9.03. The molecule has 0 bridgehead atoms. The highest BCUT2D eigenvalue weighted by Gasteiger charge is 2.48. The van der Waals surface area contributed by atoms with Crippen LogP contribution in [0.15, 0.2) is 23.0 Å². The summed E-state index contributed by atoms with van der Waals surface area (Å²) in [5.74, 6) is 0.121. The van der Waals surface area contributed by atoms with Gasteiger partial charge in [-0.05, 0) is 12.5 Å². The van der Waals surface area contributed by atoms with Gasteiger partial charge in [-0.1, -0.05) is 23.5 Å². The van der Waals surface area contributed by atoms with E-state index in [2.05, 4.69) is 38.5 Å². The van der Waals surface area contributed by atoms with Crippen LogP contribution in [0.3, 0.4) is 0 Å². The molecule has 2 aliphatic rings. The number of anilines is 2. The van der Waals surface area contributed by atoms with Crippen molar-refractivity contribution >= 4 is 81.7 Å². The summed E-state index contributed by atoms with van der Waals surface area (Å²) in [4.78, 5) is 55.2. The van der Waals surface area contributed by atoms with Crippen molar-refractivity contribution < 1.29 is 71.4 Å². The van der Waals surface area contributed by atoms with E-state index in [1.807, 2.05) is 0 Å². The van der Waals surface area contributed by atoms with Gasteiger partial charge in [0.2, 0.25) is 0 Å². The first-order valence-electron chi connectivity index (χ1n) is 14.5. The zero-order valence-electron chi connectivity index (χ0n) is 26.5. The van der Waals surface area contributed by atoms with E-state index in [9.17, 15) is 44.2 Å². The quantitative estimate of drug-likeness (QED) is 0.0418. The molecule has 2 aliphatic heterocycles. The highest BCUT2D eigenvalue weighted by molar-refractivity contribution is 7.98. The molecule has 4 aromatic heterocycles. The molecular formula is C22H31N10O15P3S2. The fraction of sp³-hybridized carbons (Fsp3) is 0.545. The van der Waals surface area contributed by atoms with Gasteiger partial charge in [0, 0.05) is 0 Å². The van der Waals surface area contributed by atoms with Crippen LogP contribution < -0.4 is 11.5 Å². The smallest absolute Gasteiger partial charge is 0.387 e. The number of fused-ring (bicyclic) bond motifs is 2. The molecule has 0 amide bonds. The van der Waals surface area contributed by atoms with Gasteiger partial charge in [-0.15, -0.1) is 0 Å². The summed E-state index contributed by atoms with van der Waals surface area (Å²) < 4.78 is 57.1. The lowest BCUT2D eigenvalue weighted by Crippen LogP contribution is -2.33. The first-order valence-corrected chi connectivity index (χ1v) is 21.0. The van der Waals surface area contributed by atoms with Crippen LogP contribution in [0, 0.1) is 0 Å². The number of thioether (sulfide) groups is 2. The number of hydrogen-bond donors (Lipinski definition) is 9. The molecule has 6 rings (SSSR count). The largest absolute Gasteiger partial charge is 0.487 e. The predicted molar refractivity (Wildman–Crippen MR) is 178 cm³/mol. The maximum Gasteiger partial charge on any atom is 0.487 e. The van der Waals surface area contributed by atoms with E-state index in [-0.39, 0.29) is 39.1 Å². The maximum atomic E-state index is 12.5. The summed E-state index contributed by atoms with van der Waals surface area (Å²) in [6, 6.07) is 0. The molecule has 4 aromatic rings. The number of imidazole rings is 2. The summed E-state index contributed by atoms with van der Waals surface area (Å²) in [5, 5.41) is 43.0. The van der Waals surface area contributed by atoms with Crippen LogP contribution in [0.25, 0.3) is 22.3 Å². The lowest BCUT2D eigenvalue weighted by Gasteiger charge is -2.20. The molecule has 2 saturated heterocycles. The second-order valence-corrected chi connectivity index (χ2v) is 16.6. The van der Waals surface area contributed by atoms with Gasteiger partial charge >= 0.3 is 24.2 Å². The minimum absolute atomic E-state index is 0.0512. The number of nitrogens with zero attached hydrogens (tertiary/aromatic N) is 8. The Kier molecular flexibility index (Phi) is 11.8. The third-order valence-corrected chi connectivity index (χ3v) is 12.6. The summed E-state index contributed by atoms with van der Waals surface area (Å²) in [6.07, 6.45) is -5.97. The Balaban J connectivity index is 1.01. The summed E-state index contributed by atoms with van der Waals surface area (Å²) in [5.41, 5.74) is 12.6. The lowest BCUT2D eigenvalue weighted by molar-refractivity contribution is -0.0505. The van der Waals surface area contributed by atoms with E-state index in [1.54, 1.807) is 12.5 Å². The highest BCUT2D eigenvalue weighted by Crippen LogP contribution is 2.65. The lowest BCUT2D eigenvalue weighted by atomic mass is 10.1. The summed E-state index contributed by atoms with van der Waals surface area (Å²) >= 11 is 2.38. The van der Waals surface area contributed by atoms with Gasteiger partial charge in [-0.3, -0.25) is 13.7 Å². The number of nitrogen functional groups attached to an aromatic ring is 2. The molecule has 11 atom stereocenters. The molecule has 52 heavy (non-hydrogen) atoms. The van der Waals surface area contributed by atoms with Crippen molar-refractivity contribution in [1.29, 1.82) is 0 Å². The fourth-order valence-electron chi connectivity index (χ4n) is 5.17. The van der Waals surface area contributed by atoms with Gasteiger partial charge in [-0.25, -0.2) is 43.3 Å². The van der Waals surface area contributed by atoms with Crippen molar-refractivity contribution in [3.63, 3.8) is 0 Å². The third kappa shape index (κ3) is 8.07. The molecule has 6 heterocycles. The SMILES string of the molecule is CSc1nc(N)c2ncn([C@@H]3O[C@H](COP(O)OP(=O)(O)OP(=O)(O)OC[C@H]4O[C@@H](n5cnc6c(N)nc(SC)nc65)[C@H](O)[C@@H]4O)[C@@H](O)[C@H]3O)c2n1. The van der Waals surface area contributed by atoms with Crippen LogP contribution in [0.1, 0.15) is 12.5 Å². The van der Waals surface area contributed by atoms with Crippen molar-refractivity contribution in [3.8, 4) is 0 Å². The summed E-state index contributed by atoms with van der Waals surface area (Å²) in [7, 11) is -14.4. The Bertz CT molecular complexity index is 2030. The number of phosphoric ester groups is 1. The standard InChI is InChI=1S/C22H31N10O15P3S2/c1-51-21-27-15(23)9-17(29-21)31(5-25-9)19-13(35)11(33)7(44-19)3-42-48(37)46-50(40,41)47-49(38,39)43-4-8-12(34)14(36)20(45-8)32-6-26-10-16(24)28-22(52-2)30-18(10)32/h5-8,11-14,19-20,33-37H,3-4H2,1-2H3,(H,38,39)(H,40,41)(H2,23,27,29)(H2,24,28,30)/t7-,8-,11-,12-,13-,14-,19-,20-,48?/m1/s1. The van der Waals surface area contributed by atoms with Gasteiger partial charge in [-0.2, -0.15) is 4.31 Å². The molecule has 0 aliphatic carbocycles. The van der Waals surface area contributed by atoms with Crippen LogP contribution in [0.2, 0.25) is 0 Å². The van der Waals surface area contributed by atoms with Crippen LogP contribution in [-0.2, 0) is 36.3 Å². The number of rotatable bonds is 14. The second-order valence-electron chi connectivity index (χ2n) is 10.9. The third-order valence-electron chi connectivity index (χ3n) is 7.57. The van der Waals surface area contributed by atoms with Crippen molar-refractivity contribution in [2.24, 2.45) is 0 Å². The molecule has 3 unspecified atom stereocenters. The molecule has 0 spiro atoms.